The van der Waals surface area contributed by atoms with E-state index in [0.29, 0.717) is 6.04 Å². The summed E-state index contributed by atoms with van der Waals surface area (Å²) in [5, 5.41) is 9.13. The van der Waals surface area contributed by atoms with Gasteiger partial charge in [-0.1, -0.05) is 12.5 Å². The van der Waals surface area contributed by atoms with Gasteiger partial charge in [-0.25, -0.2) is 0 Å². The molecule has 0 bridgehead atoms. The summed E-state index contributed by atoms with van der Waals surface area (Å²) >= 11 is 0. The molecular formula is C17H27NO2. The van der Waals surface area contributed by atoms with Crippen LogP contribution in [0, 0.1) is 13.8 Å². The maximum Gasteiger partial charge on any atom is 0.119 e. The molecule has 1 fully saturated rings. The number of hydrogen-bond acceptors (Lipinski definition) is 3. The zero-order valence-corrected chi connectivity index (χ0v) is 12.8. The number of aliphatic hydroxyl groups excluding tert-OH is 1. The van der Waals surface area contributed by atoms with Gasteiger partial charge in [-0.3, -0.25) is 4.90 Å². The van der Waals surface area contributed by atoms with Gasteiger partial charge in [0.2, 0.25) is 0 Å². The molecule has 0 aromatic heterocycles. The molecule has 112 valence electrons. The van der Waals surface area contributed by atoms with Crippen molar-refractivity contribution in [1.29, 1.82) is 0 Å². The fourth-order valence-corrected chi connectivity index (χ4v) is 2.83. The predicted molar refractivity (Wildman–Crippen MR) is 82.3 cm³/mol. The number of ether oxygens (including phenoxy) is 1. The Morgan fingerprint density at radius 3 is 2.40 bits per heavy atom. The minimum Gasteiger partial charge on any atom is -0.494 e. The Labute approximate surface area is 122 Å². The Hall–Kier alpha value is -1.06. The van der Waals surface area contributed by atoms with Crippen LogP contribution in [0.25, 0.3) is 0 Å². The molecule has 0 spiro atoms. The van der Waals surface area contributed by atoms with Gasteiger partial charge in [0.05, 0.1) is 13.2 Å². The average Bonchev–Trinajstić information content (AvgIpc) is 2.31. The highest BCUT2D eigenvalue weighted by Crippen LogP contribution is 2.24. The lowest BCUT2D eigenvalue weighted by atomic mass is 9.91. The molecule has 0 amide bonds. The first-order valence-corrected chi connectivity index (χ1v) is 7.75. The maximum atomic E-state index is 9.13. The second kappa shape index (κ2) is 7.65. The number of nitrogens with zero attached hydrogens (tertiary/aromatic N) is 1. The van der Waals surface area contributed by atoms with Gasteiger partial charge in [0.25, 0.3) is 0 Å². The topological polar surface area (TPSA) is 32.7 Å². The fourth-order valence-electron chi connectivity index (χ4n) is 2.83. The van der Waals surface area contributed by atoms with Crippen molar-refractivity contribution in [1.82, 2.24) is 4.90 Å². The Bertz CT molecular complexity index is 395. The van der Waals surface area contributed by atoms with Crippen LogP contribution in [0.4, 0.5) is 0 Å². The average molecular weight is 277 g/mol. The van der Waals surface area contributed by atoms with E-state index in [0.717, 1.165) is 31.9 Å². The Balaban J connectivity index is 1.71. The van der Waals surface area contributed by atoms with Crippen LogP contribution in [0.15, 0.2) is 18.2 Å². The Kier molecular flexibility index (Phi) is 5.86. The first-order valence-electron chi connectivity index (χ1n) is 7.75. The monoisotopic (exact) mass is 277 g/mol. The minimum absolute atomic E-state index is 0.258. The molecule has 0 atom stereocenters. The molecule has 3 nitrogen and oxygen atoms in total. The highest BCUT2D eigenvalue weighted by molar-refractivity contribution is 5.32. The summed E-state index contributed by atoms with van der Waals surface area (Å²) in [6, 6.07) is 7.03. The van der Waals surface area contributed by atoms with Crippen LogP contribution in [0.1, 0.15) is 36.8 Å². The van der Waals surface area contributed by atoms with Gasteiger partial charge < -0.3 is 9.84 Å². The summed E-state index contributed by atoms with van der Waals surface area (Å²) in [6.45, 7) is 7.02. The molecule has 0 heterocycles. The molecule has 1 N–H and O–H groups in total. The molecule has 1 aliphatic carbocycles. The maximum absolute atomic E-state index is 9.13. The summed E-state index contributed by atoms with van der Waals surface area (Å²) in [4.78, 5) is 2.41. The van der Waals surface area contributed by atoms with Gasteiger partial charge in [0.15, 0.2) is 0 Å². The van der Waals surface area contributed by atoms with Gasteiger partial charge in [0, 0.05) is 19.1 Å². The molecule has 1 aromatic carbocycles. The minimum atomic E-state index is 0.258. The first kappa shape index (κ1) is 15.3. The van der Waals surface area contributed by atoms with E-state index in [4.69, 9.17) is 9.84 Å². The standard InChI is InChI=1S/C17H27NO2/c1-14-11-15(2)13-17(12-14)20-10-4-7-18(8-9-19)16-5-3-6-16/h11-13,16,19H,3-10H2,1-2H3. The van der Waals surface area contributed by atoms with E-state index in [9.17, 15) is 0 Å². The van der Waals surface area contributed by atoms with Gasteiger partial charge in [-0.2, -0.15) is 0 Å². The van der Waals surface area contributed by atoms with Crippen molar-refractivity contribution >= 4 is 0 Å². The molecule has 0 aliphatic heterocycles. The number of benzene rings is 1. The molecule has 0 saturated heterocycles. The molecule has 20 heavy (non-hydrogen) atoms. The zero-order chi connectivity index (χ0) is 14.4. The van der Waals surface area contributed by atoms with Crippen molar-refractivity contribution in [2.75, 3.05) is 26.3 Å². The van der Waals surface area contributed by atoms with Crippen LogP contribution < -0.4 is 4.74 Å². The first-order chi connectivity index (χ1) is 9.69. The third-order valence-corrected chi connectivity index (χ3v) is 4.03. The second-order valence-corrected chi connectivity index (χ2v) is 5.87. The van der Waals surface area contributed by atoms with E-state index >= 15 is 0 Å². The number of rotatable bonds is 8. The normalized spacial score (nSPS) is 15.4. The van der Waals surface area contributed by atoms with Crippen molar-refractivity contribution in [3.05, 3.63) is 29.3 Å². The summed E-state index contributed by atoms with van der Waals surface area (Å²) in [6.07, 6.45) is 4.94. The largest absolute Gasteiger partial charge is 0.494 e. The van der Waals surface area contributed by atoms with Crippen molar-refractivity contribution in [2.24, 2.45) is 0 Å². The van der Waals surface area contributed by atoms with Crippen LogP contribution >= 0.6 is 0 Å². The lowest BCUT2D eigenvalue weighted by Crippen LogP contribution is -2.42. The SMILES string of the molecule is Cc1cc(C)cc(OCCCN(CCO)C2CCC2)c1. The zero-order valence-electron chi connectivity index (χ0n) is 12.8. The van der Waals surface area contributed by atoms with Crippen LogP contribution in [0.2, 0.25) is 0 Å². The molecule has 1 aromatic rings. The van der Waals surface area contributed by atoms with Crippen molar-refractivity contribution in [3.8, 4) is 5.75 Å². The second-order valence-electron chi connectivity index (χ2n) is 5.87. The highest BCUT2D eigenvalue weighted by Gasteiger charge is 2.23. The predicted octanol–water partition coefficient (Wildman–Crippen LogP) is 2.92. The molecule has 0 radical (unpaired) electrons. The quantitative estimate of drug-likeness (QED) is 0.742. The number of aliphatic hydroxyl groups is 1. The molecule has 1 aliphatic rings. The summed E-state index contributed by atoms with van der Waals surface area (Å²) in [7, 11) is 0. The van der Waals surface area contributed by atoms with Gasteiger partial charge >= 0.3 is 0 Å². The van der Waals surface area contributed by atoms with Gasteiger partial charge in [0.1, 0.15) is 5.75 Å². The van der Waals surface area contributed by atoms with Crippen molar-refractivity contribution < 1.29 is 9.84 Å². The van der Waals surface area contributed by atoms with Crippen LogP contribution in [0.3, 0.4) is 0 Å². The summed E-state index contributed by atoms with van der Waals surface area (Å²) in [5.74, 6) is 0.972. The smallest absolute Gasteiger partial charge is 0.119 e. The van der Waals surface area contributed by atoms with Gasteiger partial charge in [-0.05, 0) is 56.4 Å². The van der Waals surface area contributed by atoms with E-state index < -0.39 is 0 Å². The number of aryl methyl sites for hydroxylation is 2. The highest BCUT2D eigenvalue weighted by atomic mass is 16.5. The van der Waals surface area contributed by atoms with E-state index in [2.05, 4.69) is 36.9 Å². The molecule has 2 rings (SSSR count). The van der Waals surface area contributed by atoms with E-state index in [1.165, 1.54) is 30.4 Å². The third kappa shape index (κ3) is 4.50. The number of hydrogen-bond donors (Lipinski definition) is 1. The molecule has 0 unspecified atom stereocenters. The molecular weight excluding hydrogens is 250 g/mol. The third-order valence-electron chi connectivity index (χ3n) is 4.03. The molecule has 1 saturated carbocycles. The van der Waals surface area contributed by atoms with Gasteiger partial charge in [-0.15, -0.1) is 0 Å². The Morgan fingerprint density at radius 1 is 1.15 bits per heavy atom. The van der Waals surface area contributed by atoms with Crippen LogP contribution in [-0.2, 0) is 0 Å². The Morgan fingerprint density at radius 2 is 1.85 bits per heavy atom. The lowest BCUT2D eigenvalue weighted by molar-refractivity contribution is 0.0952. The van der Waals surface area contributed by atoms with Crippen LogP contribution in [0.5, 0.6) is 5.75 Å². The molecule has 3 heteroatoms. The summed E-state index contributed by atoms with van der Waals surface area (Å²) < 4.78 is 5.84. The van der Waals surface area contributed by atoms with Crippen molar-refractivity contribution in [3.63, 3.8) is 0 Å². The van der Waals surface area contributed by atoms with E-state index in [1.54, 1.807) is 0 Å². The van der Waals surface area contributed by atoms with E-state index in [1.807, 2.05) is 0 Å². The van der Waals surface area contributed by atoms with Crippen LogP contribution in [-0.4, -0.2) is 42.4 Å². The lowest BCUT2D eigenvalue weighted by Gasteiger charge is -2.37. The summed E-state index contributed by atoms with van der Waals surface area (Å²) in [5.41, 5.74) is 2.49. The van der Waals surface area contributed by atoms with E-state index in [-0.39, 0.29) is 6.61 Å². The fraction of sp³-hybridized carbons (Fsp3) is 0.647. The van der Waals surface area contributed by atoms with Crippen molar-refractivity contribution in [2.45, 2.75) is 45.6 Å².